The molecule has 0 aliphatic heterocycles. The Kier molecular flexibility index (Phi) is 6.51. The maximum atomic E-state index is 11.8. The molecular weight excluding hydrogens is 306 g/mol. The number of nitrogens with one attached hydrogen (secondary N) is 3. The van der Waals surface area contributed by atoms with Crippen LogP contribution in [0.25, 0.3) is 0 Å². The molecule has 0 saturated carbocycles. The third-order valence-corrected chi connectivity index (χ3v) is 4.35. The van der Waals surface area contributed by atoms with Gasteiger partial charge in [0.1, 0.15) is 6.04 Å². The summed E-state index contributed by atoms with van der Waals surface area (Å²) in [6.07, 6.45) is 0. The van der Waals surface area contributed by atoms with Crippen LogP contribution in [0, 0.1) is 0 Å². The van der Waals surface area contributed by atoms with Crippen molar-refractivity contribution in [3.05, 3.63) is 35.4 Å². The molecule has 0 aromatic heterocycles. The van der Waals surface area contributed by atoms with Crippen LogP contribution in [-0.4, -0.2) is 33.3 Å². The summed E-state index contributed by atoms with van der Waals surface area (Å²) in [7, 11) is -2.03. The zero-order valence-corrected chi connectivity index (χ0v) is 13.7. The smallest absolute Gasteiger partial charge is 0.242 e. The lowest BCUT2D eigenvalue weighted by atomic mass is 10.1. The highest BCUT2D eigenvalue weighted by atomic mass is 32.2. The molecule has 2 amide bonds. The Morgan fingerprint density at radius 3 is 2.32 bits per heavy atom. The topological polar surface area (TPSA) is 104 Å². The first-order valence-corrected chi connectivity index (χ1v) is 8.43. The number of hydrogen-bond acceptors (Lipinski definition) is 4. The number of rotatable bonds is 7. The standard InChI is InChI=1S/C14H21N3O4S/c1-10(17-11(2)18)14(19)16-8-12-6-4-5-7-13(12)9-22(20,21)15-3/h4-7,10,15H,8-9H2,1-3H3,(H,16,19)(H,17,18). The third-order valence-electron chi connectivity index (χ3n) is 3.04. The zero-order valence-electron chi connectivity index (χ0n) is 12.8. The fraction of sp³-hybridized carbons (Fsp3) is 0.429. The molecule has 8 heteroatoms. The summed E-state index contributed by atoms with van der Waals surface area (Å²) in [6, 6.07) is 6.32. The fourth-order valence-electron chi connectivity index (χ4n) is 1.85. The van der Waals surface area contributed by atoms with Crippen molar-refractivity contribution in [1.82, 2.24) is 15.4 Å². The third kappa shape index (κ3) is 5.82. The minimum atomic E-state index is -3.39. The van der Waals surface area contributed by atoms with E-state index in [0.29, 0.717) is 11.1 Å². The molecule has 0 fully saturated rings. The predicted octanol–water partition coefficient (Wildman–Crippen LogP) is -0.123. The van der Waals surface area contributed by atoms with E-state index in [-0.39, 0.29) is 24.1 Å². The van der Waals surface area contributed by atoms with Crippen LogP contribution in [0.3, 0.4) is 0 Å². The molecule has 0 radical (unpaired) electrons. The zero-order chi connectivity index (χ0) is 16.8. The van der Waals surface area contributed by atoms with E-state index in [1.54, 1.807) is 31.2 Å². The van der Waals surface area contributed by atoms with Crippen molar-refractivity contribution in [2.24, 2.45) is 0 Å². The average Bonchev–Trinajstić information content (AvgIpc) is 2.45. The summed E-state index contributed by atoms with van der Waals surface area (Å²) in [5.74, 6) is -0.777. The van der Waals surface area contributed by atoms with Gasteiger partial charge < -0.3 is 10.6 Å². The molecule has 0 heterocycles. The molecular formula is C14H21N3O4S. The Labute approximate surface area is 130 Å². The van der Waals surface area contributed by atoms with E-state index in [9.17, 15) is 18.0 Å². The molecule has 0 saturated heterocycles. The summed E-state index contributed by atoms with van der Waals surface area (Å²) < 4.78 is 25.5. The quantitative estimate of drug-likeness (QED) is 0.649. The van der Waals surface area contributed by atoms with E-state index in [1.807, 2.05) is 0 Å². The second-order valence-corrected chi connectivity index (χ2v) is 6.80. The molecule has 1 atom stereocenters. The van der Waals surface area contributed by atoms with Crippen molar-refractivity contribution in [3.8, 4) is 0 Å². The molecule has 1 aromatic carbocycles. The first kappa shape index (κ1) is 18.1. The first-order valence-electron chi connectivity index (χ1n) is 6.78. The van der Waals surface area contributed by atoms with E-state index in [4.69, 9.17) is 0 Å². The molecule has 0 bridgehead atoms. The summed E-state index contributed by atoms with van der Waals surface area (Å²) in [6.45, 7) is 3.11. The second kappa shape index (κ2) is 7.90. The molecule has 22 heavy (non-hydrogen) atoms. The second-order valence-electron chi connectivity index (χ2n) is 4.87. The van der Waals surface area contributed by atoms with E-state index >= 15 is 0 Å². The Balaban J connectivity index is 2.74. The summed E-state index contributed by atoms with van der Waals surface area (Å²) in [5.41, 5.74) is 1.33. The van der Waals surface area contributed by atoms with E-state index in [2.05, 4.69) is 15.4 Å². The van der Waals surface area contributed by atoms with E-state index in [1.165, 1.54) is 14.0 Å². The molecule has 3 N–H and O–H groups in total. The number of hydrogen-bond donors (Lipinski definition) is 3. The van der Waals surface area contributed by atoms with E-state index in [0.717, 1.165) is 0 Å². The van der Waals surface area contributed by atoms with Crippen LogP contribution in [0.2, 0.25) is 0 Å². The summed E-state index contributed by atoms with van der Waals surface area (Å²) in [5, 5.41) is 5.16. The number of carbonyl (C=O) groups is 2. The van der Waals surface area contributed by atoms with Crippen LogP contribution < -0.4 is 15.4 Å². The lowest BCUT2D eigenvalue weighted by molar-refractivity contribution is -0.127. The van der Waals surface area contributed by atoms with Crippen LogP contribution in [0.1, 0.15) is 25.0 Å². The lowest BCUT2D eigenvalue weighted by Crippen LogP contribution is -2.43. The molecule has 1 rings (SSSR count). The SMILES string of the molecule is CNS(=O)(=O)Cc1ccccc1CNC(=O)C(C)NC(C)=O. The normalized spacial score (nSPS) is 12.5. The number of carbonyl (C=O) groups excluding carboxylic acids is 2. The van der Waals surface area contributed by atoms with Gasteiger partial charge in [0.2, 0.25) is 21.8 Å². The lowest BCUT2D eigenvalue weighted by Gasteiger charge is -2.14. The van der Waals surface area contributed by atoms with Gasteiger partial charge in [0, 0.05) is 13.5 Å². The highest BCUT2D eigenvalue weighted by molar-refractivity contribution is 7.88. The van der Waals surface area contributed by atoms with Gasteiger partial charge in [-0.05, 0) is 25.1 Å². The molecule has 1 unspecified atom stereocenters. The molecule has 0 aliphatic rings. The van der Waals surface area contributed by atoms with Gasteiger partial charge in [-0.1, -0.05) is 24.3 Å². The van der Waals surface area contributed by atoms with Crippen molar-refractivity contribution < 1.29 is 18.0 Å². The number of sulfonamides is 1. The Morgan fingerprint density at radius 1 is 1.18 bits per heavy atom. The highest BCUT2D eigenvalue weighted by Gasteiger charge is 2.15. The van der Waals surface area contributed by atoms with Gasteiger partial charge in [-0.25, -0.2) is 13.1 Å². The van der Waals surface area contributed by atoms with E-state index < -0.39 is 16.1 Å². The minimum absolute atomic E-state index is 0.156. The number of benzene rings is 1. The van der Waals surface area contributed by atoms with Gasteiger partial charge in [0.25, 0.3) is 0 Å². The Bertz CT molecular complexity index is 643. The van der Waals surface area contributed by atoms with Gasteiger partial charge in [0.05, 0.1) is 5.75 Å². The van der Waals surface area contributed by atoms with Crippen molar-refractivity contribution in [2.75, 3.05) is 7.05 Å². The monoisotopic (exact) mass is 327 g/mol. The number of amides is 2. The maximum Gasteiger partial charge on any atom is 0.242 e. The predicted molar refractivity (Wildman–Crippen MR) is 83.3 cm³/mol. The Hall–Kier alpha value is -1.93. The summed E-state index contributed by atoms with van der Waals surface area (Å²) >= 11 is 0. The Morgan fingerprint density at radius 2 is 1.77 bits per heavy atom. The van der Waals surface area contributed by atoms with Crippen molar-refractivity contribution >= 4 is 21.8 Å². The molecule has 0 aliphatic carbocycles. The van der Waals surface area contributed by atoms with Crippen LogP contribution in [0.5, 0.6) is 0 Å². The van der Waals surface area contributed by atoms with Gasteiger partial charge in [-0.2, -0.15) is 0 Å². The molecule has 0 spiro atoms. The van der Waals surface area contributed by atoms with Gasteiger partial charge >= 0.3 is 0 Å². The average molecular weight is 327 g/mol. The minimum Gasteiger partial charge on any atom is -0.350 e. The van der Waals surface area contributed by atoms with Gasteiger partial charge in [-0.15, -0.1) is 0 Å². The van der Waals surface area contributed by atoms with Crippen molar-refractivity contribution in [1.29, 1.82) is 0 Å². The fourth-order valence-corrected chi connectivity index (χ4v) is 2.69. The first-order chi connectivity index (χ1) is 10.2. The van der Waals surface area contributed by atoms with Crippen LogP contribution in [0.15, 0.2) is 24.3 Å². The maximum absolute atomic E-state index is 11.8. The molecule has 1 aromatic rings. The molecule has 7 nitrogen and oxygen atoms in total. The largest absolute Gasteiger partial charge is 0.350 e. The van der Waals surface area contributed by atoms with Crippen LogP contribution in [-0.2, 0) is 31.9 Å². The summed E-state index contributed by atoms with van der Waals surface area (Å²) in [4.78, 5) is 22.8. The van der Waals surface area contributed by atoms with Gasteiger partial charge in [0.15, 0.2) is 0 Å². The van der Waals surface area contributed by atoms with Gasteiger partial charge in [-0.3, -0.25) is 9.59 Å². The van der Waals surface area contributed by atoms with Crippen LogP contribution >= 0.6 is 0 Å². The van der Waals surface area contributed by atoms with Crippen molar-refractivity contribution in [2.45, 2.75) is 32.2 Å². The molecule has 122 valence electrons. The van der Waals surface area contributed by atoms with Crippen LogP contribution in [0.4, 0.5) is 0 Å². The highest BCUT2D eigenvalue weighted by Crippen LogP contribution is 2.12. The van der Waals surface area contributed by atoms with Crippen molar-refractivity contribution in [3.63, 3.8) is 0 Å².